The highest BCUT2D eigenvalue weighted by molar-refractivity contribution is 4.88. The molecule has 0 amide bonds. The molecule has 3 nitrogen and oxygen atoms in total. The van der Waals surface area contributed by atoms with Crippen LogP contribution in [-0.2, 0) is 0 Å². The van der Waals surface area contributed by atoms with Crippen molar-refractivity contribution in [2.45, 2.75) is 69.6 Å². The average molecular weight is 227 g/mol. The Balaban J connectivity index is 2.02. The maximum absolute atomic E-state index is 10.1. The van der Waals surface area contributed by atoms with Crippen molar-refractivity contribution in [2.24, 2.45) is 0 Å². The van der Waals surface area contributed by atoms with E-state index < -0.39 is 0 Å². The van der Waals surface area contributed by atoms with E-state index in [0.717, 1.165) is 32.2 Å². The fourth-order valence-corrected chi connectivity index (χ4v) is 3.31. The molecular weight excluding hydrogens is 202 g/mol. The number of aliphatic hydroxyl groups excluding tert-OH is 2. The Morgan fingerprint density at radius 3 is 2.44 bits per heavy atom. The first-order valence-electron chi connectivity index (χ1n) is 6.87. The van der Waals surface area contributed by atoms with E-state index in [4.69, 9.17) is 0 Å². The molecule has 2 fully saturated rings. The number of hydrogen-bond acceptors (Lipinski definition) is 3. The van der Waals surface area contributed by atoms with Crippen LogP contribution < -0.4 is 0 Å². The first-order valence-corrected chi connectivity index (χ1v) is 6.87. The third-order valence-corrected chi connectivity index (χ3v) is 4.25. The van der Waals surface area contributed by atoms with Gasteiger partial charge in [0.2, 0.25) is 0 Å². The molecule has 3 heteroatoms. The van der Waals surface area contributed by atoms with Crippen LogP contribution >= 0.6 is 0 Å². The predicted molar refractivity (Wildman–Crippen MR) is 64.3 cm³/mol. The second kappa shape index (κ2) is 5.99. The van der Waals surface area contributed by atoms with Crippen LogP contribution in [0.2, 0.25) is 0 Å². The normalized spacial score (nSPS) is 38.2. The van der Waals surface area contributed by atoms with Gasteiger partial charge in [-0.25, -0.2) is 0 Å². The third-order valence-electron chi connectivity index (χ3n) is 4.25. The molecule has 16 heavy (non-hydrogen) atoms. The van der Waals surface area contributed by atoms with Crippen LogP contribution in [0.3, 0.4) is 0 Å². The van der Waals surface area contributed by atoms with Crippen LogP contribution in [0.5, 0.6) is 0 Å². The smallest absolute Gasteiger partial charge is 0.0695 e. The lowest BCUT2D eigenvalue weighted by molar-refractivity contribution is -0.0131. The average Bonchev–Trinajstić information content (AvgIpc) is 2.54. The van der Waals surface area contributed by atoms with Crippen LogP contribution in [0, 0.1) is 0 Å². The number of aliphatic hydroxyl groups is 2. The van der Waals surface area contributed by atoms with E-state index >= 15 is 0 Å². The summed E-state index contributed by atoms with van der Waals surface area (Å²) in [6.07, 6.45) is 9.10. The molecule has 0 aromatic carbocycles. The molecule has 1 unspecified atom stereocenters. The number of nitrogens with zero attached hydrogens (tertiary/aromatic N) is 1. The van der Waals surface area contributed by atoms with E-state index in [1.807, 2.05) is 0 Å². The molecule has 1 aliphatic carbocycles. The summed E-state index contributed by atoms with van der Waals surface area (Å²) in [5.41, 5.74) is 0. The van der Waals surface area contributed by atoms with Gasteiger partial charge in [-0.1, -0.05) is 25.7 Å². The van der Waals surface area contributed by atoms with Crippen LogP contribution in [0.25, 0.3) is 0 Å². The summed E-state index contributed by atoms with van der Waals surface area (Å²) in [5, 5.41) is 19.6. The van der Waals surface area contributed by atoms with E-state index in [1.54, 1.807) is 0 Å². The topological polar surface area (TPSA) is 43.7 Å². The predicted octanol–water partition coefficient (Wildman–Crippen LogP) is 1.53. The summed E-state index contributed by atoms with van der Waals surface area (Å²) >= 11 is 0. The quantitative estimate of drug-likeness (QED) is 0.752. The van der Waals surface area contributed by atoms with Gasteiger partial charge in [0, 0.05) is 12.1 Å². The molecular formula is C13H25NO2. The first-order chi connectivity index (χ1) is 7.83. The highest BCUT2D eigenvalue weighted by Gasteiger charge is 2.33. The molecule has 1 saturated carbocycles. The molecule has 3 atom stereocenters. The maximum Gasteiger partial charge on any atom is 0.0695 e. The van der Waals surface area contributed by atoms with Crippen molar-refractivity contribution in [3.63, 3.8) is 0 Å². The van der Waals surface area contributed by atoms with E-state index in [9.17, 15) is 10.2 Å². The van der Waals surface area contributed by atoms with E-state index in [-0.39, 0.29) is 12.7 Å². The summed E-state index contributed by atoms with van der Waals surface area (Å²) in [6.45, 7) is 1.32. The lowest BCUT2D eigenvalue weighted by Crippen LogP contribution is -2.51. The number of likely N-dealkylation sites (tertiary alicyclic amines) is 1. The van der Waals surface area contributed by atoms with Gasteiger partial charge in [-0.15, -0.1) is 0 Å². The zero-order valence-corrected chi connectivity index (χ0v) is 10.1. The molecule has 2 aliphatic rings. The number of rotatable bonds is 2. The molecule has 94 valence electrons. The Kier molecular flexibility index (Phi) is 4.62. The summed E-state index contributed by atoms with van der Waals surface area (Å²) < 4.78 is 0. The van der Waals surface area contributed by atoms with Crippen molar-refractivity contribution in [3.05, 3.63) is 0 Å². The molecule has 1 aliphatic heterocycles. The molecule has 0 radical (unpaired) electrons. The lowest BCUT2D eigenvalue weighted by Gasteiger charge is -2.41. The Labute approximate surface area is 98.5 Å². The molecule has 1 saturated heterocycles. The fourth-order valence-electron chi connectivity index (χ4n) is 3.31. The van der Waals surface area contributed by atoms with Gasteiger partial charge >= 0.3 is 0 Å². The summed E-state index contributed by atoms with van der Waals surface area (Å²) in [4.78, 5) is 2.40. The van der Waals surface area contributed by atoms with Crippen molar-refractivity contribution >= 4 is 0 Å². The maximum atomic E-state index is 10.1. The highest BCUT2D eigenvalue weighted by atomic mass is 16.3. The molecule has 0 aromatic rings. The van der Waals surface area contributed by atoms with Gasteiger partial charge in [0.25, 0.3) is 0 Å². The zero-order valence-electron chi connectivity index (χ0n) is 10.1. The third kappa shape index (κ3) is 2.76. The Bertz CT molecular complexity index is 210. The van der Waals surface area contributed by atoms with E-state index in [0.29, 0.717) is 12.1 Å². The van der Waals surface area contributed by atoms with Crippen molar-refractivity contribution in [1.29, 1.82) is 0 Å². The SMILES string of the molecule is OCC1CCCCCN1[C@H]1CCCC[C@@H]1O. The summed E-state index contributed by atoms with van der Waals surface area (Å²) in [5.74, 6) is 0. The second-order valence-electron chi connectivity index (χ2n) is 5.34. The van der Waals surface area contributed by atoms with Crippen LogP contribution in [0.15, 0.2) is 0 Å². The molecule has 2 rings (SSSR count). The Morgan fingerprint density at radius 1 is 0.938 bits per heavy atom. The van der Waals surface area contributed by atoms with Gasteiger partial charge in [0.15, 0.2) is 0 Å². The van der Waals surface area contributed by atoms with Crippen molar-refractivity contribution in [3.8, 4) is 0 Å². The molecule has 0 bridgehead atoms. The first kappa shape index (κ1) is 12.3. The second-order valence-corrected chi connectivity index (χ2v) is 5.34. The largest absolute Gasteiger partial charge is 0.395 e. The van der Waals surface area contributed by atoms with Crippen molar-refractivity contribution < 1.29 is 10.2 Å². The van der Waals surface area contributed by atoms with Gasteiger partial charge in [0.05, 0.1) is 12.7 Å². The Morgan fingerprint density at radius 2 is 1.69 bits per heavy atom. The minimum atomic E-state index is -0.166. The summed E-state index contributed by atoms with van der Waals surface area (Å²) in [7, 11) is 0. The van der Waals surface area contributed by atoms with Gasteiger partial charge in [0.1, 0.15) is 0 Å². The van der Waals surface area contributed by atoms with Crippen molar-refractivity contribution in [2.75, 3.05) is 13.2 Å². The Hall–Kier alpha value is -0.120. The lowest BCUT2D eigenvalue weighted by atomic mass is 9.90. The monoisotopic (exact) mass is 227 g/mol. The fraction of sp³-hybridized carbons (Fsp3) is 1.00. The zero-order chi connectivity index (χ0) is 11.4. The van der Waals surface area contributed by atoms with Gasteiger partial charge in [-0.05, 0) is 32.2 Å². The molecule has 0 aromatic heterocycles. The van der Waals surface area contributed by atoms with Crippen LogP contribution in [-0.4, -0.2) is 46.5 Å². The van der Waals surface area contributed by atoms with Gasteiger partial charge in [-0.3, -0.25) is 4.90 Å². The van der Waals surface area contributed by atoms with Crippen LogP contribution in [0.4, 0.5) is 0 Å². The highest BCUT2D eigenvalue weighted by Crippen LogP contribution is 2.28. The van der Waals surface area contributed by atoms with E-state index in [1.165, 1.54) is 25.7 Å². The molecule has 0 spiro atoms. The van der Waals surface area contributed by atoms with Gasteiger partial charge < -0.3 is 10.2 Å². The van der Waals surface area contributed by atoms with E-state index in [2.05, 4.69) is 4.90 Å². The minimum absolute atomic E-state index is 0.166. The van der Waals surface area contributed by atoms with Gasteiger partial charge in [-0.2, -0.15) is 0 Å². The number of hydrogen-bond donors (Lipinski definition) is 2. The van der Waals surface area contributed by atoms with Crippen molar-refractivity contribution in [1.82, 2.24) is 4.90 Å². The standard InChI is InChI=1S/C13H25NO2/c15-10-11-6-2-1-5-9-14(11)12-7-3-4-8-13(12)16/h11-13,15-16H,1-10H2/t11?,12-,13-/m0/s1. The summed E-state index contributed by atoms with van der Waals surface area (Å²) in [6, 6.07) is 0.601. The minimum Gasteiger partial charge on any atom is -0.395 e. The molecule has 2 N–H and O–H groups in total. The molecule has 1 heterocycles. The van der Waals surface area contributed by atoms with Crippen LogP contribution in [0.1, 0.15) is 51.4 Å².